The zero-order valence-corrected chi connectivity index (χ0v) is 15.6. The maximum atomic E-state index is 12.8. The molecule has 148 valence electrons. The first kappa shape index (κ1) is 20.3. The number of carboxylic acids is 1. The van der Waals surface area contributed by atoms with Gasteiger partial charge in [-0.05, 0) is 32.0 Å². The number of hydrogen-bond donors (Lipinski definition) is 2. The Morgan fingerprint density at radius 3 is 2.30 bits per heavy atom. The number of piperazine rings is 1. The second-order valence-electron chi connectivity index (χ2n) is 5.89. The number of ether oxygens (including phenoxy) is 2. The van der Waals surface area contributed by atoms with Crippen LogP contribution in [-0.2, 0) is 4.79 Å². The van der Waals surface area contributed by atoms with E-state index < -0.39 is 12.6 Å². The third-order valence-electron chi connectivity index (χ3n) is 4.02. The summed E-state index contributed by atoms with van der Waals surface area (Å²) < 4.78 is 10.7. The van der Waals surface area contributed by atoms with Crippen LogP contribution < -0.4 is 14.8 Å². The maximum absolute atomic E-state index is 12.8. The summed E-state index contributed by atoms with van der Waals surface area (Å²) in [7, 11) is 0. The Balaban J connectivity index is 2.04. The van der Waals surface area contributed by atoms with Crippen LogP contribution in [0.4, 0.5) is 4.79 Å². The molecule has 0 unspecified atom stereocenters. The Labute approximate surface area is 157 Å². The SMILES string of the molecule is CCNC(=O)N1CCN(C(=O)c2ccc(OCC(=O)O)c(OCC)c2)CC1. The van der Waals surface area contributed by atoms with Gasteiger partial charge in [-0.15, -0.1) is 0 Å². The fourth-order valence-electron chi connectivity index (χ4n) is 2.73. The van der Waals surface area contributed by atoms with Gasteiger partial charge in [0.05, 0.1) is 6.61 Å². The summed E-state index contributed by atoms with van der Waals surface area (Å²) in [6.07, 6.45) is 0. The second kappa shape index (κ2) is 9.65. The number of amides is 3. The topological polar surface area (TPSA) is 108 Å². The van der Waals surface area contributed by atoms with Crippen molar-refractivity contribution in [1.82, 2.24) is 15.1 Å². The summed E-state index contributed by atoms with van der Waals surface area (Å²) >= 11 is 0. The number of carboxylic acid groups (broad SMARTS) is 1. The van der Waals surface area contributed by atoms with Gasteiger partial charge in [0, 0.05) is 38.3 Å². The van der Waals surface area contributed by atoms with E-state index in [1.165, 1.54) is 6.07 Å². The number of benzene rings is 1. The number of carbonyl (C=O) groups excluding carboxylic acids is 2. The molecular formula is C18H25N3O6. The zero-order chi connectivity index (χ0) is 19.8. The van der Waals surface area contributed by atoms with Crippen LogP contribution in [0, 0.1) is 0 Å². The normalized spacial score (nSPS) is 13.9. The monoisotopic (exact) mass is 379 g/mol. The molecule has 9 nitrogen and oxygen atoms in total. The van der Waals surface area contributed by atoms with Gasteiger partial charge >= 0.3 is 12.0 Å². The van der Waals surface area contributed by atoms with Gasteiger partial charge in [0.25, 0.3) is 5.91 Å². The van der Waals surface area contributed by atoms with E-state index in [1.54, 1.807) is 28.9 Å². The highest BCUT2D eigenvalue weighted by atomic mass is 16.5. The minimum atomic E-state index is -1.09. The molecule has 1 aliphatic rings. The molecule has 0 aromatic heterocycles. The fraction of sp³-hybridized carbons (Fsp3) is 0.500. The Morgan fingerprint density at radius 1 is 1.04 bits per heavy atom. The van der Waals surface area contributed by atoms with E-state index in [0.29, 0.717) is 50.6 Å². The molecule has 0 atom stereocenters. The summed E-state index contributed by atoms with van der Waals surface area (Å²) in [5.41, 5.74) is 0.424. The van der Waals surface area contributed by atoms with Crippen LogP contribution in [0.15, 0.2) is 18.2 Å². The summed E-state index contributed by atoms with van der Waals surface area (Å²) in [5, 5.41) is 11.5. The number of hydrogen-bond acceptors (Lipinski definition) is 5. The van der Waals surface area contributed by atoms with E-state index in [2.05, 4.69) is 5.32 Å². The second-order valence-corrected chi connectivity index (χ2v) is 5.89. The molecule has 2 rings (SSSR count). The molecule has 1 fully saturated rings. The van der Waals surface area contributed by atoms with Crippen molar-refractivity contribution in [2.75, 3.05) is 45.9 Å². The molecule has 2 N–H and O–H groups in total. The molecule has 1 aromatic rings. The van der Waals surface area contributed by atoms with E-state index in [9.17, 15) is 14.4 Å². The van der Waals surface area contributed by atoms with Gasteiger partial charge in [-0.3, -0.25) is 4.79 Å². The maximum Gasteiger partial charge on any atom is 0.341 e. The van der Waals surface area contributed by atoms with Crippen molar-refractivity contribution in [3.8, 4) is 11.5 Å². The lowest BCUT2D eigenvalue weighted by atomic mass is 10.1. The van der Waals surface area contributed by atoms with Gasteiger partial charge in [-0.1, -0.05) is 0 Å². The molecular weight excluding hydrogens is 354 g/mol. The van der Waals surface area contributed by atoms with Crippen LogP contribution in [0.5, 0.6) is 11.5 Å². The molecule has 9 heteroatoms. The van der Waals surface area contributed by atoms with Crippen LogP contribution in [0.1, 0.15) is 24.2 Å². The third-order valence-corrected chi connectivity index (χ3v) is 4.02. The van der Waals surface area contributed by atoms with Gasteiger partial charge in [0.2, 0.25) is 0 Å². The van der Waals surface area contributed by atoms with Gasteiger partial charge in [-0.25, -0.2) is 9.59 Å². The van der Waals surface area contributed by atoms with E-state index in [-0.39, 0.29) is 17.7 Å². The Hall–Kier alpha value is -2.97. The van der Waals surface area contributed by atoms with Crippen LogP contribution in [0.2, 0.25) is 0 Å². The Morgan fingerprint density at radius 2 is 1.70 bits per heavy atom. The van der Waals surface area contributed by atoms with E-state index in [0.717, 1.165) is 0 Å². The molecule has 0 bridgehead atoms. The molecule has 0 aliphatic carbocycles. The number of aliphatic carboxylic acids is 1. The predicted molar refractivity (Wildman–Crippen MR) is 97.3 cm³/mol. The Bertz CT molecular complexity index is 686. The summed E-state index contributed by atoms with van der Waals surface area (Å²) in [4.78, 5) is 38.6. The molecule has 3 amide bonds. The van der Waals surface area contributed by atoms with E-state index in [4.69, 9.17) is 14.6 Å². The van der Waals surface area contributed by atoms with E-state index in [1.807, 2.05) is 6.92 Å². The van der Waals surface area contributed by atoms with Gasteiger partial charge in [0.1, 0.15) is 0 Å². The van der Waals surface area contributed by atoms with Crippen LogP contribution in [0.3, 0.4) is 0 Å². The zero-order valence-electron chi connectivity index (χ0n) is 15.6. The third kappa shape index (κ3) is 5.50. The van der Waals surface area contributed by atoms with Crippen molar-refractivity contribution < 1.29 is 29.0 Å². The average molecular weight is 379 g/mol. The lowest BCUT2D eigenvalue weighted by Crippen LogP contribution is -2.53. The van der Waals surface area contributed by atoms with Crippen molar-refractivity contribution in [1.29, 1.82) is 0 Å². The highest BCUT2D eigenvalue weighted by Crippen LogP contribution is 2.29. The molecule has 0 radical (unpaired) electrons. The molecule has 0 saturated carbocycles. The number of carbonyl (C=O) groups is 3. The molecule has 1 heterocycles. The molecule has 1 saturated heterocycles. The fourth-order valence-corrected chi connectivity index (χ4v) is 2.73. The minimum Gasteiger partial charge on any atom is -0.490 e. The molecule has 0 spiro atoms. The number of urea groups is 1. The van der Waals surface area contributed by atoms with Crippen LogP contribution in [-0.4, -0.2) is 78.8 Å². The van der Waals surface area contributed by atoms with Gasteiger partial charge < -0.3 is 29.7 Å². The summed E-state index contributed by atoms with van der Waals surface area (Å²) in [5.74, 6) is -0.665. The van der Waals surface area contributed by atoms with Crippen molar-refractivity contribution in [3.63, 3.8) is 0 Å². The summed E-state index contributed by atoms with van der Waals surface area (Å²) in [6, 6.07) is 4.55. The first-order valence-electron chi connectivity index (χ1n) is 8.89. The number of nitrogens with one attached hydrogen (secondary N) is 1. The highest BCUT2D eigenvalue weighted by Gasteiger charge is 2.25. The van der Waals surface area contributed by atoms with Gasteiger partial charge in [-0.2, -0.15) is 0 Å². The van der Waals surface area contributed by atoms with Crippen molar-refractivity contribution in [2.45, 2.75) is 13.8 Å². The summed E-state index contributed by atoms with van der Waals surface area (Å²) in [6.45, 7) is 5.89. The van der Waals surface area contributed by atoms with Crippen molar-refractivity contribution in [3.05, 3.63) is 23.8 Å². The predicted octanol–water partition coefficient (Wildman–Crippen LogP) is 1.04. The van der Waals surface area contributed by atoms with E-state index >= 15 is 0 Å². The minimum absolute atomic E-state index is 0.122. The number of rotatable bonds is 7. The first-order chi connectivity index (χ1) is 13.0. The van der Waals surface area contributed by atoms with Crippen LogP contribution in [0.25, 0.3) is 0 Å². The molecule has 27 heavy (non-hydrogen) atoms. The lowest BCUT2D eigenvalue weighted by molar-refractivity contribution is -0.139. The van der Waals surface area contributed by atoms with Gasteiger partial charge in [0.15, 0.2) is 18.1 Å². The van der Waals surface area contributed by atoms with Crippen molar-refractivity contribution in [2.24, 2.45) is 0 Å². The largest absolute Gasteiger partial charge is 0.490 e. The smallest absolute Gasteiger partial charge is 0.341 e. The lowest BCUT2D eigenvalue weighted by Gasteiger charge is -2.34. The average Bonchev–Trinajstić information content (AvgIpc) is 2.67. The quantitative estimate of drug-likeness (QED) is 0.733. The molecule has 1 aromatic carbocycles. The first-order valence-corrected chi connectivity index (χ1v) is 8.89. The standard InChI is InChI=1S/C18H25N3O6/c1-3-19-18(25)21-9-7-20(8-10-21)17(24)13-5-6-14(27-12-16(22)23)15(11-13)26-4-2/h5-6,11H,3-4,7-10,12H2,1-2H3,(H,19,25)(H,22,23). The van der Waals surface area contributed by atoms with Crippen LogP contribution >= 0.6 is 0 Å². The van der Waals surface area contributed by atoms with Crippen molar-refractivity contribution >= 4 is 17.9 Å². The molecule has 1 aliphatic heterocycles. The number of nitrogens with zero attached hydrogens (tertiary/aromatic N) is 2. The highest BCUT2D eigenvalue weighted by molar-refractivity contribution is 5.95. The Kier molecular flexibility index (Phi) is 7.27.